The molecule has 0 aliphatic carbocycles. The van der Waals surface area contributed by atoms with E-state index in [1.54, 1.807) is 19.1 Å². The summed E-state index contributed by atoms with van der Waals surface area (Å²) in [5.74, 6) is 1.05. The molecule has 1 fully saturated rings. The molecule has 1 aliphatic heterocycles. The first-order valence-electron chi connectivity index (χ1n) is 8.48. The molecule has 1 aliphatic rings. The Balaban J connectivity index is 2.13. The van der Waals surface area contributed by atoms with Crippen LogP contribution in [0.4, 0.5) is 0 Å². The van der Waals surface area contributed by atoms with Crippen LogP contribution in [-0.2, 0) is 11.3 Å². The van der Waals surface area contributed by atoms with Gasteiger partial charge in [-0.3, -0.25) is 4.79 Å². The van der Waals surface area contributed by atoms with Crippen LogP contribution in [0.15, 0.2) is 18.2 Å². The number of rotatable bonds is 8. The number of ether oxygens (including phenoxy) is 2. The third-order valence-electron chi connectivity index (χ3n) is 4.39. The SMILES string of the molecule is CCCNC[C@]1(O)CCCN(Cc2cccc(OC)c2OC)C1=O. The number of hydrogen-bond acceptors (Lipinski definition) is 5. The summed E-state index contributed by atoms with van der Waals surface area (Å²) in [5.41, 5.74) is -0.449. The standard InChI is InChI=1S/C18H28N2O4/c1-4-10-19-13-18(22)9-6-11-20(17(18)21)12-14-7-5-8-15(23-2)16(14)24-3/h5,7-8,19,22H,4,6,9-13H2,1-3H3/t18-/m1/s1. The van der Waals surface area contributed by atoms with Crippen molar-refractivity contribution in [2.45, 2.75) is 38.3 Å². The van der Waals surface area contributed by atoms with Crippen LogP contribution in [0.5, 0.6) is 11.5 Å². The van der Waals surface area contributed by atoms with E-state index in [1.165, 1.54) is 0 Å². The van der Waals surface area contributed by atoms with Crippen molar-refractivity contribution >= 4 is 5.91 Å². The molecule has 0 spiro atoms. The number of piperidine rings is 1. The maximum Gasteiger partial charge on any atom is 0.256 e. The number of nitrogens with one attached hydrogen (secondary N) is 1. The van der Waals surface area contributed by atoms with Crippen LogP contribution in [0.3, 0.4) is 0 Å². The number of para-hydroxylation sites is 1. The molecule has 1 heterocycles. The fraction of sp³-hybridized carbons (Fsp3) is 0.611. The van der Waals surface area contributed by atoms with Gasteiger partial charge in [-0.25, -0.2) is 0 Å². The monoisotopic (exact) mass is 336 g/mol. The maximum atomic E-state index is 12.8. The molecule has 1 saturated heterocycles. The minimum atomic E-state index is -1.32. The minimum absolute atomic E-state index is 0.220. The lowest BCUT2D eigenvalue weighted by Gasteiger charge is -2.38. The highest BCUT2D eigenvalue weighted by Gasteiger charge is 2.41. The molecule has 0 radical (unpaired) electrons. The van der Waals surface area contributed by atoms with Gasteiger partial charge in [-0.1, -0.05) is 19.1 Å². The summed E-state index contributed by atoms with van der Waals surface area (Å²) in [6.07, 6.45) is 2.24. The summed E-state index contributed by atoms with van der Waals surface area (Å²) < 4.78 is 10.7. The van der Waals surface area contributed by atoms with Crippen LogP contribution in [0, 0.1) is 0 Å². The molecule has 1 aromatic rings. The van der Waals surface area contributed by atoms with Crippen molar-refractivity contribution in [3.63, 3.8) is 0 Å². The molecule has 6 heteroatoms. The molecule has 1 amide bonds. The largest absolute Gasteiger partial charge is 0.493 e. The van der Waals surface area contributed by atoms with Gasteiger partial charge in [0.05, 0.1) is 14.2 Å². The highest BCUT2D eigenvalue weighted by molar-refractivity contribution is 5.86. The smallest absolute Gasteiger partial charge is 0.256 e. The number of hydrogen-bond donors (Lipinski definition) is 2. The Morgan fingerprint density at radius 3 is 2.79 bits per heavy atom. The molecule has 1 aromatic carbocycles. The van der Waals surface area contributed by atoms with Gasteiger partial charge in [-0.15, -0.1) is 0 Å². The zero-order valence-corrected chi connectivity index (χ0v) is 14.8. The Morgan fingerprint density at radius 2 is 2.12 bits per heavy atom. The molecular formula is C18H28N2O4. The number of benzene rings is 1. The van der Waals surface area contributed by atoms with Crippen molar-refractivity contribution in [2.75, 3.05) is 33.9 Å². The van der Waals surface area contributed by atoms with Gasteiger partial charge in [-0.2, -0.15) is 0 Å². The average Bonchev–Trinajstić information content (AvgIpc) is 2.59. The topological polar surface area (TPSA) is 71.0 Å². The Hall–Kier alpha value is -1.79. The van der Waals surface area contributed by atoms with E-state index in [0.29, 0.717) is 37.6 Å². The van der Waals surface area contributed by atoms with Gasteiger partial charge in [0.2, 0.25) is 0 Å². The molecule has 0 saturated carbocycles. The molecule has 24 heavy (non-hydrogen) atoms. The number of aliphatic hydroxyl groups is 1. The van der Waals surface area contributed by atoms with E-state index in [9.17, 15) is 9.90 Å². The molecule has 2 rings (SSSR count). The normalized spacial score (nSPS) is 21.0. The van der Waals surface area contributed by atoms with Crippen molar-refractivity contribution < 1.29 is 19.4 Å². The van der Waals surface area contributed by atoms with Gasteiger partial charge in [0.25, 0.3) is 5.91 Å². The Morgan fingerprint density at radius 1 is 1.33 bits per heavy atom. The third-order valence-corrected chi connectivity index (χ3v) is 4.39. The third kappa shape index (κ3) is 3.99. The van der Waals surface area contributed by atoms with E-state index in [0.717, 1.165) is 24.9 Å². The van der Waals surface area contributed by atoms with Gasteiger partial charge in [0, 0.05) is 25.2 Å². The predicted molar refractivity (Wildman–Crippen MR) is 92.3 cm³/mol. The summed E-state index contributed by atoms with van der Waals surface area (Å²) in [6, 6.07) is 5.61. The van der Waals surface area contributed by atoms with E-state index in [1.807, 2.05) is 18.2 Å². The first-order chi connectivity index (χ1) is 11.6. The van der Waals surface area contributed by atoms with E-state index in [4.69, 9.17) is 9.47 Å². The number of nitrogens with zero attached hydrogens (tertiary/aromatic N) is 1. The van der Waals surface area contributed by atoms with Crippen LogP contribution in [-0.4, -0.2) is 55.4 Å². The lowest BCUT2D eigenvalue weighted by atomic mass is 9.91. The summed E-state index contributed by atoms with van der Waals surface area (Å²) in [4.78, 5) is 14.5. The molecule has 0 aromatic heterocycles. The fourth-order valence-electron chi connectivity index (χ4n) is 3.14. The zero-order valence-electron chi connectivity index (χ0n) is 14.8. The summed E-state index contributed by atoms with van der Waals surface area (Å²) in [6.45, 7) is 4.18. The lowest BCUT2D eigenvalue weighted by Crippen LogP contribution is -2.57. The van der Waals surface area contributed by atoms with Crippen molar-refractivity contribution in [3.05, 3.63) is 23.8 Å². The van der Waals surface area contributed by atoms with Gasteiger partial charge >= 0.3 is 0 Å². The highest BCUT2D eigenvalue weighted by Crippen LogP contribution is 2.33. The maximum absolute atomic E-state index is 12.8. The molecule has 1 atom stereocenters. The number of amides is 1. The Bertz CT molecular complexity index is 564. The molecular weight excluding hydrogens is 308 g/mol. The van der Waals surface area contributed by atoms with Gasteiger partial charge in [0.15, 0.2) is 17.1 Å². The zero-order chi connectivity index (χ0) is 17.6. The van der Waals surface area contributed by atoms with Crippen LogP contribution >= 0.6 is 0 Å². The van der Waals surface area contributed by atoms with Crippen molar-refractivity contribution in [2.24, 2.45) is 0 Å². The number of methoxy groups -OCH3 is 2. The van der Waals surface area contributed by atoms with Crippen LogP contribution < -0.4 is 14.8 Å². The second-order valence-corrected chi connectivity index (χ2v) is 6.19. The molecule has 134 valence electrons. The van der Waals surface area contributed by atoms with Crippen molar-refractivity contribution in [1.29, 1.82) is 0 Å². The average molecular weight is 336 g/mol. The quantitative estimate of drug-likeness (QED) is 0.705. The fourth-order valence-corrected chi connectivity index (χ4v) is 3.14. The van der Waals surface area contributed by atoms with Crippen LogP contribution in [0.1, 0.15) is 31.7 Å². The van der Waals surface area contributed by atoms with E-state index in [-0.39, 0.29) is 5.91 Å². The van der Waals surface area contributed by atoms with E-state index < -0.39 is 5.60 Å². The highest BCUT2D eigenvalue weighted by atomic mass is 16.5. The van der Waals surface area contributed by atoms with Gasteiger partial charge in [0.1, 0.15) is 0 Å². The van der Waals surface area contributed by atoms with Gasteiger partial charge in [-0.05, 0) is 31.9 Å². The van der Waals surface area contributed by atoms with E-state index >= 15 is 0 Å². The second-order valence-electron chi connectivity index (χ2n) is 6.19. The van der Waals surface area contributed by atoms with Crippen molar-refractivity contribution in [1.82, 2.24) is 10.2 Å². The molecule has 6 nitrogen and oxygen atoms in total. The Labute approximate surface area is 143 Å². The summed E-state index contributed by atoms with van der Waals surface area (Å²) in [7, 11) is 3.18. The number of carbonyl (C=O) groups excluding carboxylic acids is 1. The second kappa shape index (κ2) is 8.35. The predicted octanol–water partition coefficient (Wildman–Crippen LogP) is 1.56. The molecule has 2 N–H and O–H groups in total. The number of likely N-dealkylation sites (tertiary alicyclic amines) is 1. The summed E-state index contributed by atoms with van der Waals surface area (Å²) >= 11 is 0. The Kier molecular flexibility index (Phi) is 6.45. The minimum Gasteiger partial charge on any atom is -0.493 e. The molecule has 0 unspecified atom stereocenters. The first kappa shape index (κ1) is 18.5. The number of carbonyl (C=O) groups is 1. The van der Waals surface area contributed by atoms with Crippen LogP contribution in [0.25, 0.3) is 0 Å². The summed E-state index contributed by atoms with van der Waals surface area (Å²) in [5, 5.41) is 13.9. The lowest BCUT2D eigenvalue weighted by molar-refractivity contribution is -0.157. The van der Waals surface area contributed by atoms with Crippen LogP contribution in [0.2, 0.25) is 0 Å². The molecule has 0 bridgehead atoms. The van der Waals surface area contributed by atoms with E-state index in [2.05, 4.69) is 12.2 Å². The first-order valence-corrected chi connectivity index (χ1v) is 8.48. The van der Waals surface area contributed by atoms with Gasteiger partial charge < -0.3 is 24.8 Å². The van der Waals surface area contributed by atoms with Crippen molar-refractivity contribution in [3.8, 4) is 11.5 Å².